The molecule has 0 aliphatic carbocycles. The number of carbonyl (C=O) groups excluding carboxylic acids is 3. The molecule has 2 heterocycles. The van der Waals surface area contributed by atoms with Crippen molar-refractivity contribution in [2.45, 2.75) is 6.61 Å². The first-order valence-electron chi connectivity index (χ1n) is 13.4. The number of nitrogens with zero attached hydrogens (tertiary/aromatic N) is 3. The second kappa shape index (κ2) is 13.3. The van der Waals surface area contributed by atoms with Gasteiger partial charge in [0.25, 0.3) is 11.1 Å². The van der Waals surface area contributed by atoms with Gasteiger partial charge in [-0.2, -0.15) is 0 Å². The number of amides is 3. The first-order valence-corrected chi connectivity index (χ1v) is 15.0. The molecule has 0 radical (unpaired) electrons. The number of anilines is 1. The molecule has 2 aliphatic heterocycles. The van der Waals surface area contributed by atoms with Crippen LogP contribution in [-0.2, 0) is 16.2 Å². The summed E-state index contributed by atoms with van der Waals surface area (Å²) in [5.74, 6) is -0.972. The molecule has 0 unspecified atom stereocenters. The maximum Gasteiger partial charge on any atom is 0.335 e. The number of thioether (sulfide) groups is 1. The Morgan fingerprint density at radius 2 is 1.70 bits per heavy atom. The highest BCUT2D eigenvalue weighted by atomic mass is 79.9. The van der Waals surface area contributed by atoms with Gasteiger partial charge in [-0.3, -0.25) is 19.3 Å². The molecule has 0 spiro atoms. The van der Waals surface area contributed by atoms with Crippen molar-refractivity contribution in [3.05, 3.63) is 92.8 Å². The van der Waals surface area contributed by atoms with Crippen LogP contribution in [0.4, 0.5) is 10.5 Å². The number of halogens is 1. The number of methoxy groups -OCH3 is 1. The number of piperazine rings is 1. The highest BCUT2D eigenvalue weighted by Crippen LogP contribution is 2.39. The Kier molecular flexibility index (Phi) is 9.37. The van der Waals surface area contributed by atoms with E-state index >= 15 is 0 Å². The average molecular weight is 667 g/mol. The van der Waals surface area contributed by atoms with Crippen molar-refractivity contribution in [2.24, 2.45) is 0 Å². The van der Waals surface area contributed by atoms with Crippen LogP contribution in [0.5, 0.6) is 11.5 Å². The zero-order valence-corrected chi connectivity index (χ0v) is 25.6. The molecule has 12 heteroatoms. The van der Waals surface area contributed by atoms with Crippen LogP contribution in [0.25, 0.3) is 6.08 Å². The average Bonchev–Trinajstić information content (AvgIpc) is 3.28. The van der Waals surface area contributed by atoms with Gasteiger partial charge >= 0.3 is 5.97 Å². The standard InChI is InChI=1S/C31H28BrN3O7S/c1-41-25-16-21(15-24(32)28(25)42-19-20-7-9-22(10-8-20)30(38)39)17-26-29(37)35(31(40)43-26)18-27(36)34-13-11-33(12-14-34)23-5-3-2-4-6-23/h2-10,15-17H,11-14,18-19H2,1H3,(H,38,39)/b26-17+. The molecule has 3 amide bonds. The number of para-hydroxylation sites is 1. The van der Waals surface area contributed by atoms with E-state index < -0.39 is 17.1 Å². The zero-order valence-electron chi connectivity index (χ0n) is 23.2. The Balaban J connectivity index is 1.22. The molecule has 0 saturated carbocycles. The normalized spacial score (nSPS) is 16.1. The van der Waals surface area contributed by atoms with Crippen LogP contribution < -0.4 is 14.4 Å². The van der Waals surface area contributed by atoms with E-state index in [1.807, 2.05) is 30.3 Å². The van der Waals surface area contributed by atoms with Crippen LogP contribution in [0.3, 0.4) is 0 Å². The lowest BCUT2D eigenvalue weighted by Gasteiger charge is -2.36. The minimum Gasteiger partial charge on any atom is -0.493 e. The van der Waals surface area contributed by atoms with E-state index in [1.165, 1.54) is 19.2 Å². The third kappa shape index (κ3) is 7.03. The molecule has 2 fully saturated rings. The van der Waals surface area contributed by atoms with Crippen LogP contribution in [-0.4, -0.2) is 77.8 Å². The minimum atomic E-state index is -1.01. The van der Waals surface area contributed by atoms with E-state index in [-0.39, 0.29) is 29.5 Å². The Bertz CT molecular complexity index is 1570. The van der Waals surface area contributed by atoms with Crippen molar-refractivity contribution >= 4 is 62.5 Å². The quantitative estimate of drug-likeness (QED) is 0.311. The Morgan fingerprint density at radius 3 is 2.35 bits per heavy atom. The Morgan fingerprint density at radius 1 is 1.00 bits per heavy atom. The summed E-state index contributed by atoms with van der Waals surface area (Å²) in [7, 11) is 1.49. The number of carboxylic acid groups (broad SMARTS) is 1. The van der Waals surface area contributed by atoms with E-state index in [2.05, 4.69) is 20.8 Å². The van der Waals surface area contributed by atoms with Crippen LogP contribution in [0.15, 0.2) is 76.1 Å². The predicted molar refractivity (Wildman–Crippen MR) is 166 cm³/mol. The molecule has 5 rings (SSSR count). The Labute approximate surface area is 261 Å². The molecule has 3 aromatic carbocycles. The summed E-state index contributed by atoms with van der Waals surface area (Å²) >= 11 is 4.28. The number of benzene rings is 3. The summed E-state index contributed by atoms with van der Waals surface area (Å²) in [6, 6.07) is 19.7. The molecule has 3 aromatic rings. The number of ether oxygens (including phenoxy) is 2. The van der Waals surface area contributed by atoms with Gasteiger partial charge in [-0.15, -0.1) is 0 Å². The lowest BCUT2D eigenvalue weighted by molar-refractivity contribution is -0.136. The first kappa shape index (κ1) is 30.2. The molecule has 0 aromatic heterocycles. The van der Waals surface area contributed by atoms with E-state index in [9.17, 15) is 19.2 Å². The highest BCUT2D eigenvalue weighted by molar-refractivity contribution is 9.10. The monoisotopic (exact) mass is 665 g/mol. The highest BCUT2D eigenvalue weighted by Gasteiger charge is 2.37. The molecule has 2 saturated heterocycles. The van der Waals surface area contributed by atoms with Crippen molar-refractivity contribution in [3.8, 4) is 11.5 Å². The molecule has 0 bridgehead atoms. The number of hydrogen-bond acceptors (Lipinski definition) is 8. The van der Waals surface area contributed by atoms with Crippen molar-refractivity contribution in [1.82, 2.24) is 9.80 Å². The number of hydrogen-bond donors (Lipinski definition) is 1. The van der Waals surface area contributed by atoms with E-state index in [4.69, 9.17) is 14.6 Å². The molecular weight excluding hydrogens is 638 g/mol. The number of rotatable bonds is 9. The number of carboxylic acids is 1. The lowest BCUT2D eigenvalue weighted by Crippen LogP contribution is -2.51. The summed E-state index contributed by atoms with van der Waals surface area (Å²) in [5, 5.41) is 8.58. The van der Waals surface area contributed by atoms with Crippen LogP contribution in [0.1, 0.15) is 21.5 Å². The second-order valence-electron chi connectivity index (χ2n) is 9.80. The van der Waals surface area contributed by atoms with Gasteiger partial charge in [-0.05, 0) is 81.3 Å². The predicted octanol–water partition coefficient (Wildman–Crippen LogP) is 5.12. The van der Waals surface area contributed by atoms with Crippen molar-refractivity contribution in [2.75, 3.05) is 44.7 Å². The van der Waals surface area contributed by atoms with E-state index in [0.717, 1.165) is 27.9 Å². The SMILES string of the molecule is COc1cc(/C=C2/SC(=O)N(CC(=O)N3CCN(c4ccccc4)CC3)C2=O)cc(Br)c1OCc1ccc(C(=O)O)cc1. The summed E-state index contributed by atoms with van der Waals surface area (Å²) in [6.07, 6.45) is 1.58. The number of aromatic carboxylic acids is 1. The van der Waals surface area contributed by atoms with Gasteiger partial charge < -0.3 is 24.4 Å². The van der Waals surface area contributed by atoms with Gasteiger partial charge in [0.2, 0.25) is 5.91 Å². The van der Waals surface area contributed by atoms with Crippen molar-refractivity contribution in [3.63, 3.8) is 0 Å². The minimum absolute atomic E-state index is 0.169. The third-order valence-electron chi connectivity index (χ3n) is 7.05. The summed E-state index contributed by atoms with van der Waals surface area (Å²) < 4.78 is 12.0. The van der Waals surface area contributed by atoms with Gasteiger partial charge in [-0.1, -0.05) is 30.3 Å². The molecule has 0 atom stereocenters. The number of imide groups is 1. The van der Waals surface area contributed by atoms with Crippen molar-refractivity contribution in [1.29, 1.82) is 0 Å². The fourth-order valence-corrected chi connectivity index (χ4v) is 6.15. The van der Waals surface area contributed by atoms with E-state index in [1.54, 1.807) is 35.2 Å². The van der Waals surface area contributed by atoms with Gasteiger partial charge in [0.05, 0.1) is 22.1 Å². The molecule has 10 nitrogen and oxygen atoms in total. The topological polar surface area (TPSA) is 117 Å². The van der Waals surface area contributed by atoms with Gasteiger partial charge in [0.15, 0.2) is 11.5 Å². The van der Waals surface area contributed by atoms with Gasteiger partial charge in [0.1, 0.15) is 13.2 Å². The molecule has 43 heavy (non-hydrogen) atoms. The lowest BCUT2D eigenvalue weighted by atomic mass is 10.1. The maximum atomic E-state index is 13.1. The maximum absolute atomic E-state index is 13.1. The molecule has 2 aliphatic rings. The summed E-state index contributed by atoms with van der Waals surface area (Å²) in [6.45, 7) is 2.23. The zero-order chi connectivity index (χ0) is 30.5. The Hall–Kier alpha value is -4.29. The van der Waals surface area contributed by atoms with Crippen LogP contribution >= 0.6 is 27.7 Å². The third-order valence-corrected chi connectivity index (χ3v) is 8.55. The number of carbonyl (C=O) groups is 4. The molecule has 222 valence electrons. The smallest absolute Gasteiger partial charge is 0.335 e. The van der Waals surface area contributed by atoms with Crippen LogP contribution in [0, 0.1) is 0 Å². The molecular formula is C31H28BrN3O7S. The largest absolute Gasteiger partial charge is 0.493 e. The van der Waals surface area contributed by atoms with Gasteiger partial charge in [-0.25, -0.2) is 4.79 Å². The summed E-state index contributed by atoms with van der Waals surface area (Å²) in [5.41, 5.74) is 2.64. The molecule has 1 N–H and O–H groups in total. The second-order valence-corrected chi connectivity index (χ2v) is 11.6. The van der Waals surface area contributed by atoms with E-state index in [0.29, 0.717) is 47.7 Å². The van der Waals surface area contributed by atoms with Crippen molar-refractivity contribution < 1.29 is 33.8 Å². The first-order chi connectivity index (χ1) is 20.7. The van der Waals surface area contributed by atoms with Gasteiger partial charge in [0, 0.05) is 31.9 Å². The fourth-order valence-electron chi connectivity index (χ4n) is 4.74. The van der Waals surface area contributed by atoms with Crippen LogP contribution in [0.2, 0.25) is 0 Å². The summed E-state index contributed by atoms with van der Waals surface area (Å²) in [4.78, 5) is 55.0. The fraction of sp³-hybridized carbons (Fsp3) is 0.226.